The number of aliphatic imine (C=N–C) groups is 2. The van der Waals surface area contributed by atoms with Gasteiger partial charge < -0.3 is 0 Å². The van der Waals surface area contributed by atoms with Crippen LogP contribution in [0.2, 0.25) is 0 Å². The lowest BCUT2D eigenvalue weighted by atomic mass is 10.1. The molecule has 0 saturated heterocycles. The predicted molar refractivity (Wildman–Crippen MR) is 129 cm³/mol. The SMILES string of the molecule is C(=Nc1cccc(N=Cc2cccc3ccccc23)c1)c1cccc2ccccc12. The molecule has 0 unspecified atom stereocenters. The van der Waals surface area contributed by atoms with Gasteiger partial charge in [-0.25, -0.2) is 0 Å². The highest BCUT2D eigenvalue weighted by Crippen LogP contribution is 2.23. The zero-order chi connectivity index (χ0) is 20.2. The molecule has 0 N–H and O–H groups in total. The first-order valence-electron chi connectivity index (χ1n) is 10.0. The van der Waals surface area contributed by atoms with E-state index in [2.05, 4.69) is 84.9 Å². The smallest absolute Gasteiger partial charge is 0.0651 e. The molecule has 0 fully saturated rings. The normalized spacial score (nSPS) is 11.7. The van der Waals surface area contributed by atoms with Gasteiger partial charge in [0.15, 0.2) is 0 Å². The molecule has 0 spiro atoms. The molecular weight excluding hydrogens is 364 g/mol. The van der Waals surface area contributed by atoms with Crippen LogP contribution in [0.15, 0.2) is 119 Å². The summed E-state index contributed by atoms with van der Waals surface area (Å²) < 4.78 is 0. The van der Waals surface area contributed by atoms with Crippen molar-refractivity contribution in [2.45, 2.75) is 0 Å². The van der Waals surface area contributed by atoms with Crippen LogP contribution in [0.3, 0.4) is 0 Å². The molecule has 0 atom stereocenters. The lowest BCUT2D eigenvalue weighted by molar-refractivity contribution is 1.48. The summed E-state index contributed by atoms with van der Waals surface area (Å²) in [4.78, 5) is 9.39. The highest BCUT2D eigenvalue weighted by molar-refractivity contribution is 6.01. The molecule has 5 aromatic rings. The quantitative estimate of drug-likeness (QED) is 0.287. The fourth-order valence-corrected chi connectivity index (χ4v) is 3.67. The molecule has 30 heavy (non-hydrogen) atoms. The van der Waals surface area contributed by atoms with Crippen molar-refractivity contribution in [2.75, 3.05) is 0 Å². The second kappa shape index (κ2) is 8.14. The molecule has 0 aromatic heterocycles. The lowest BCUT2D eigenvalue weighted by Crippen LogP contribution is -1.84. The van der Waals surface area contributed by atoms with Crippen molar-refractivity contribution in [2.24, 2.45) is 9.98 Å². The zero-order valence-electron chi connectivity index (χ0n) is 16.4. The van der Waals surface area contributed by atoms with E-state index in [1.54, 1.807) is 0 Å². The first kappa shape index (κ1) is 18.0. The standard InChI is InChI=1S/C28H20N2/c1-3-16-27-21(8-1)10-5-12-23(27)19-29-25-14-7-15-26(18-25)30-20-24-13-6-11-22-9-2-4-17-28(22)24/h1-20H. The molecule has 0 bridgehead atoms. The van der Waals surface area contributed by atoms with E-state index in [1.165, 1.54) is 21.5 Å². The Morgan fingerprint density at radius 2 is 0.867 bits per heavy atom. The summed E-state index contributed by atoms with van der Waals surface area (Å²) in [5, 5.41) is 4.84. The van der Waals surface area contributed by atoms with Crippen LogP contribution in [0.4, 0.5) is 11.4 Å². The van der Waals surface area contributed by atoms with E-state index in [1.807, 2.05) is 36.7 Å². The fraction of sp³-hybridized carbons (Fsp3) is 0. The molecule has 0 heterocycles. The minimum Gasteiger partial charge on any atom is -0.256 e. The number of hydrogen-bond acceptors (Lipinski definition) is 2. The van der Waals surface area contributed by atoms with E-state index in [9.17, 15) is 0 Å². The second-order valence-corrected chi connectivity index (χ2v) is 7.17. The molecule has 142 valence electrons. The Labute approximate surface area is 175 Å². The molecule has 0 radical (unpaired) electrons. The molecule has 0 saturated carbocycles. The van der Waals surface area contributed by atoms with Crippen LogP contribution >= 0.6 is 0 Å². The number of nitrogens with zero attached hydrogens (tertiary/aromatic N) is 2. The number of benzene rings is 5. The maximum Gasteiger partial charge on any atom is 0.0651 e. The van der Waals surface area contributed by atoms with Gasteiger partial charge in [-0.3, -0.25) is 9.98 Å². The minimum atomic E-state index is 0.885. The van der Waals surface area contributed by atoms with E-state index in [0.717, 1.165) is 22.5 Å². The first-order chi connectivity index (χ1) is 14.9. The third-order valence-electron chi connectivity index (χ3n) is 5.18. The predicted octanol–water partition coefficient (Wildman–Crippen LogP) is 7.49. The van der Waals surface area contributed by atoms with Crippen LogP contribution in [-0.4, -0.2) is 12.4 Å². The summed E-state index contributed by atoms with van der Waals surface area (Å²) in [5.74, 6) is 0. The largest absolute Gasteiger partial charge is 0.256 e. The van der Waals surface area contributed by atoms with Gasteiger partial charge >= 0.3 is 0 Å². The van der Waals surface area contributed by atoms with E-state index in [4.69, 9.17) is 9.98 Å². The van der Waals surface area contributed by atoms with Gasteiger partial charge in [-0.15, -0.1) is 0 Å². The van der Waals surface area contributed by atoms with Gasteiger partial charge in [0, 0.05) is 23.6 Å². The summed E-state index contributed by atoms with van der Waals surface area (Å²) in [5.41, 5.74) is 3.99. The first-order valence-corrected chi connectivity index (χ1v) is 10.0. The van der Waals surface area contributed by atoms with Crippen molar-refractivity contribution >= 4 is 45.3 Å². The highest BCUT2D eigenvalue weighted by Gasteiger charge is 1.99. The van der Waals surface area contributed by atoms with Crippen molar-refractivity contribution < 1.29 is 0 Å². The van der Waals surface area contributed by atoms with Gasteiger partial charge in [0.05, 0.1) is 11.4 Å². The molecule has 0 aliphatic rings. The summed E-state index contributed by atoms with van der Waals surface area (Å²) >= 11 is 0. The molecule has 5 rings (SSSR count). The Morgan fingerprint density at radius 1 is 0.433 bits per heavy atom. The summed E-state index contributed by atoms with van der Waals surface area (Å²) in [7, 11) is 0. The minimum absolute atomic E-state index is 0.885. The lowest BCUT2D eigenvalue weighted by Gasteiger charge is -2.02. The molecular formula is C28H20N2. The summed E-state index contributed by atoms with van der Waals surface area (Å²) in [6.07, 6.45) is 3.85. The Bertz CT molecular complexity index is 1280. The summed E-state index contributed by atoms with van der Waals surface area (Å²) in [6.45, 7) is 0. The molecule has 5 aromatic carbocycles. The van der Waals surface area contributed by atoms with Gasteiger partial charge in [-0.2, -0.15) is 0 Å². The monoisotopic (exact) mass is 384 g/mol. The van der Waals surface area contributed by atoms with E-state index in [-0.39, 0.29) is 0 Å². The second-order valence-electron chi connectivity index (χ2n) is 7.17. The number of rotatable bonds is 4. The van der Waals surface area contributed by atoms with Gasteiger partial charge in [-0.1, -0.05) is 91.0 Å². The van der Waals surface area contributed by atoms with Crippen molar-refractivity contribution in [3.05, 3.63) is 120 Å². The maximum absolute atomic E-state index is 4.69. The Kier molecular flexibility index (Phi) is 4.89. The summed E-state index contributed by atoms with van der Waals surface area (Å²) in [6, 6.07) is 37.3. The van der Waals surface area contributed by atoms with Crippen LogP contribution in [0, 0.1) is 0 Å². The molecule has 2 nitrogen and oxygen atoms in total. The van der Waals surface area contributed by atoms with E-state index < -0.39 is 0 Å². The van der Waals surface area contributed by atoms with Gasteiger partial charge in [0.2, 0.25) is 0 Å². The zero-order valence-corrected chi connectivity index (χ0v) is 16.4. The Morgan fingerprint density at radius 3 is 1.40 bits per heavy atom. The van der Waals surface area contributed by atoms with Crippen molar-refractivity contribution in [3.63, 3.8) is 0 Å². The van der Waals surface area contributed by atoms with Crippen molar-refractivity contribution in [1.29, 1.82) is 0 Å². The van der Waals surface area contributed by atoms with Crippen LogP contribution < -0.4 is 0 Å². The highest BCUT2D eigenvalue weighted by atomic mass is 14.7. The molecule has 0 aliphatic carbocycles. The fourth-order valence-electron chi connectivity index (χ4n) is 3.67. The van der Waals surface area contributed by atoms with Gasteiger partial charge in [0.1, 0.15) is 0 Å². The van der Waals surface area contributed by atoms with Crippen LogP contribution in [0.5, 0.6) is 0 Å². The Balaban J connectivity index is 1.43. The Hall–Kier alpha value is -4.04. The number of hydrogen-bond donors (Lipinski definition) is 0. The van der Waals surface area contributed by atoms with Gasteiger partial charge in [-0.05, 0) is 39.7 Å². The topological polar surface area (TPSA) is 24.7 Å². The van der Waals surface area contributed by atoms with Crippen LogP contribution in [-0.2, 0) is 0 Å². The van der Waals surface area contributed by atoms with Crippen molar-refractivity contribution in [3.8, 4) is 0 Å². The van der Waals surface area contributed by atoms with Gasteiger partial charge in [0.25, 0.3) is 0 Å². The molecule has 0 amide bonds. The third kappa shape index (κ3) is 3.76. The number of fused-ring (bicyclic) bond motifs is 2. The molecule has 2 heteroatoms. The van der Waals surface area contributed by atoms with Crippen molar-refractivity contribution in [1.82, 2.24) is 0 Å². The molecule has 0 aliphatic heterocycles. The van der Waals surface area contributed by atoms with E-state index in [0.29, 0.717) is 0 Å². The average Bonchev–Trinajstić information content (AvgIpc) is 2.81. The van der Waals surface area contributed by atoms with Crippen LogP contribution in [0.25, 0.3) is 21.5 Å². The third-order valence-corrected chi connectivity index (χ3v) is 5.18. The van der Waals surface area contributed by atoms with E-state index >= 15 is 0 Å². The maximum atomic E-state index is 4.69. The van der Waals surface area contributed by atoms with Crippen LogP contribution in [0.1, 0.15) is 11.1 Å². The average molecular weight is 384 g/mol.